The zero-order chi connectivity index (χ0) is 9.90. The van der Waals surface area contributed by atoms with Crippen LogP contribution < -0.4 is 0 Å². The van der Waals surface area contributed by atoms with Gasteiger partial charge in [-0.1, -0.05) is 20.3 Å². The lowest BCUT2D eigenvalue weighted by molar-refractivity contribution is -0.105. The maximum atomic E-state index is 10.1. The van der Waals surface area contributed by atoms with Crippen molar-refractivity contribution in [2.75, 3.05) is 0 Å². The van der Waals surface area contributed by atoms with Gasteiger partial charge in [0.15, 0.2) is 0 Å². The van der Waals surface area contributed by atoms with Crippen LogP contribution in [0, 0.1) is 5.92 Å². The molecule has 2 nitrogen and oxygen atoms in total. The Kier molecular flexibility index (Phi) is 3.74. The molecule has 0 aliphatic heterocycles. The average Bonchev–Trinajstić information content (AvgIpc) is 2.11. The highest BCUT2D eigenvalue weighted by atomic mass is 16.3. The molecule has 1 atom stereocenters. The van der Waals surface area contributed by atoms with Gasteiger partial charge in [-0.2, -0.15) is 0 Å². The highest BCUT2D eigenvalue weighted by Crippen LogP contribution is 2.35. The lowest BCUT2D eigenvalue weighted by Gasteiger charge is -2.38. The first-order valence-corrected chi connectivity index (χ1v) is 5.49. The van der Waals surface area contributed by atoms with E-state index in [1.54, 1.807) is 0 Å². The Hall–Kier alpha value is -0.0800. The van der Waals surface area contributed by atoms with E-state index < -0.39 is 11.7 Å². The van der Waals surface area contributed by atoms with E-state index in [0.29, 0.717) is 5.92 Å². The van der Waals surface area contributed by atoms with E-state index >= 15 is 0 Å². The third-order valence-electron chi connectivity index (χ3n) is 3.32. The number of aliphatic hydroxyl groups is 2. The van der Waals surface area contributed by atoms with Crippen LogP contribution in [-0.2, 0) is 0 Å². The Labute approximate surface area is 81.0 Å². The van der Waals surface area contributed by atoms with Gasteiger partial charge in [-0.15, -0.1) is 0 Å². The first-order valence-electron chi connectivity index (χ1n) is 5.49. The van der Waals surface area contributed by atoms with Crippen LogP contribution in [0.2, 0.25) is 0 Å². The Morgan fingerprint density at radius 2 is 1.92 bits per heavy atom. The van der Waals surface area contributed by atoms with E-state index in [0.717, 1.165) is 38.5 Å². The van der Waals surface area contributed by atoms with Crippen molar-refractivity contribution < 1.29 is 10.2 Å². The molecular formula is C11H22O2. The molecule has 13 heavy (non-hydrogen) atoms. The molecule has 0 radical (unpaired) electrons. The van der Waals surface area contributed by atoms with Crippen molar-refractivity contribution in [2.24, 2.45) is 5.92 Å². The highest BCUT2D eigenvalue weighted by molar-refractivity contribution is 4.90. The van der Waals surface area contributed by atoms with Crippen molar-refractivity contribution in [3.05, 3.63) is 0 Å². The Bertz CT molecular complexity index is 148. The summed E-state index contributed by atoms with van der Waals surface area (Å²) in [6.45, 7) is 4.25. The molecule has 1 unspecified atom stereocenters. The van der Waals surface area contributed by atoms with Gasteiger partial charge in [-0.05, 0) is 38.0 Å². The maximum Gasteiger partial charge on any atom is 0.0905 e. The Morgan fingerprint density at radius 1 is 1.38 bits per heavy atom. The van der Waals surface area contributed by atoms with Gasteiger partial charge in [0.05, 0.1) is 11.7 Å². The molecule has 1 saturated carbocycles. The van der Waals surface area contributed by atoms with Gasteiger partial charge in [0.25, 0.3) is 0 Å². The smallest absolute Gasteiger partial charge is 0.0905 e. The zero-order valence-corrected chi connectivity index (χ0v) is 8.79. The summed E-state index contributed by atoms with van der Waals surface area (Å²) in [6, 6.07) is 0. The number of aliphatic hydroxyl groups excluding tert-OH is 1. The van der Waals surface area contributed by atoms with Crippen LogP contribution in [0.3, 0.4) is 0 Å². The quantitative estimate of drug-likeness (QED) is 0.708. The summed E-state index contributed by atoms with van der Waals surface area (Å²) in [4.78, 5) is 0. The van der Waals surface area contributed by atoms with Gasteiger partial charge < -0.3 is 10.2 Å². The van der Waals surface area contributed by atoms with Crippen molar-refractivity contribution in [3.63, 3.8) is 0 Å². The summed E-state index contributed by atoms with van der Waals surface area (Å²) in [5.74, 6) is 0.717. The second-order valence-corrected chi connectivity index (χ2v) is 4.59. The predicted molar refractivity (Wildman–Crippen MR) is 53.5 cm³/mol. The predicted octanol–water partition coefficient (Wildman–Crippen LogP) is 2.09. The molecule has 1 fully saturated rings. The van der Waals surface area contributed by atoms with E-state index in [9.17, 15) is 10.2 Å². The van der Waals surface area contributed by atoms with E-state index in [1.165, 1.54) is 0 Å². The molecular weight excluding hydrogens is 164 g/mol. The number of rotatable bonds is 3. The third kappa shape index (κ3) is 2.68. The van der Waals surface area contributed by atoms with Crippen molar-refractivity contribution in [2.45, 2.75) is 64.1 Å². The molecule has 0 heterocycles. The maximum absolute atomic E-state index is 10.1. The summed E-state index contributed by atoms with van der Waals surface area (Å²) in [5.41, 5.74) is -0.775. The Balaban J connectivity index is 2.46. The molecule has 0 amide bonds. The molecule has 0 aromatic carbocycles. The largest absolute Gasteiger partial charge is 0.390 e. The topological polar surface area (TPSA) is 40.5 Å². The zero-order valence-electron chi connectivity index (χ0n) is 8.79. The monoisotopic (exact) mass is 186 g/mol. The average molecular weight is 186 g/mol. The van der Waals surface area contributed by atoms with Crippen molar-refractivity contribution in [1.29, 1.82) is 0 Å². The van der Waals surface area contributed by atoms with E-state index in [4.69, 9.17) is 0 Å². The SMILES string of the molecule is CCCC(O)C1(O)CCC(C)CC1. The van der Waals surface area contributed by atoms with Crippen LogP contribution >= 0.6 is 0 Å². The van der Waals surface area contributed by atoms with E-state index in [1.807, 2.05) is 6.92 Å². The summed E-state index contributed by atoms with van der Waals surface area (Å²) in [7, 11) is 0. The summed E-state index contributed by atoms with van der Waals surface area (Å²) in [6.07, 6.45) is 4.81. The molecule has 1 rings (SSSR count). The standard InChI is InChI=1S/C11H22O2/c1-3-4-10(12)11(13)7-5-9(2)6-8-11/h9-10,12-13H,3-8H2,1-2H3. The first kappa shape index (κ1) is 11.0. The fourth-order valence-corrected chi connectivity index (χ4v) is 2.14. The van der Waals surface area contributed by atoms with Crippen LogP contribution in [0.5, 0.6) is 0 Å². The van der Waals surface area contributed by atoms with Crippen LogP contribution in [-0.4, -0.2) is 21.9 Å². The minimum atomic E-state index is -0.775. The normalized spacial score (nSPS) is 37.4. The van der Waals surface area contributed by atoms with E-state index in [2.05, 4.69) is 6.92 Å². The molecule has 0 aromatic heterocycles. The number of hydrogen-bond acceptors (Lipinski definition) is 2. The van der Waals surface area contributed by atoms with Crippen LogP contribution in [0.1, 0.15) is 52.4 Å². The van der Waals surface area contributed by atoms with Crippen LogP contribution in [0.25, 0.3) is 0 Å². The molecule has 0 spiro atoms. The van der Waals surface area contributed by atoms with Crippen molar-refractivity contribution in [1.82, 2.24) is 0 Å². The minimum Gasteiger partial charge on any atom is -0.390 e. The summed E-state index contributed by atoms with van der Waals surface area (Å²) >= 11 is 0. The van der Waals surface area contributed by atoms with Gasteiger partial charge in [-0.3, -0.25) is 0 Å². The van der Waals surface area contributed by atoms with Gasteiger partial charge in [0, 0.05) is 0 Å². The van der Waals surface area contributed by atoms with Crippen molar-refractivity contribution >= 4 is 0 Å². The molecule has 2 heteroatoms. The Morgan fingerprint density at radius 3 is 2.38 bits per heavy atom. The second kappa shape index (κ2) is 4.43. The second-order valence-electron chi connectivity index (χ2n) is 4.59. The van der Waals surface area contributed by atoms with Gasteiger partial charge in [0.1, 0.15) is 0 Å². The molecule has 0 aromatic rings. The highest BCUT2D eigenvalue weighted by Gasteiger charge is 2.37. The van der Waals surface area contributed by atoms with E-state index in [-0.39, 0.29) is 0 Å². The molecule has 1 aliphatic rings. The molecule has 0 bridgehead atoms. The number of hydrogen-bond donors (Lipinski definition) is 2. The van der Waals surface area contributed by atoms with Gasteiger partial charge in [-0.25, -0.2) is 0 Å². The molecule has 1 aliphatic carbocycles. The lowest BCUT2D eigenvalue weighted by atomic mass is 9.75. The minimum absolute atomic E-state index is 0.509. The fraction of sp³-hybridized carbons (Fsp3) is 1.00. The molecule has 0 saturated heterocycles. The van der Waals surface area contributed by atoms with Gasteiger partial charge in [0.2, 0.25) is 0 Å². The third-order valence-corrected chi connectivity index (χ3v) is 3.32. The molecule has 78 valence electrons. The van der Waals surface area contributed by atoms with Gasteiger partial charge >= 0.3 is 0 Å². The first-order chi connectivity index (χ1) is 6.08. The molecule has 2 N–H and O–H groups in total. The fourth-order valence-electron chi connectivity index (χ4n) is 2.14. The van der Waals surface area contributed by atoms with Crippen LogP contribution in [0.15, 0.2) is 0 Å². The summed E-state index contributed by atoms with van der Waals surface area (Å²) < 4.78 is 0. The lowest BCUT2D eigenvalue weighted by Crippen LogP contribution is -2.44. The van der Waals surface area contributed by atoms with Crippen molar-refractivity contribution in [3.8, 4) is 0 Å². The van der Waals surface area contributed by atoms with Crippen LogP contribution in [0.4, 0.5) is 0 Å². The summed E-state index contributed by atoms with van der Waals surface area (Å²) in [5, 5.41) is 19.9.